The van der Waals surface area contributed by atoms with Crippen LogP contribution in [-0.2, 0) is 9.53 Å². The van der Waals surface area contributed by atoms with E-state index in [9.17, 15) is 9.90 Å². The molecule has 0 saturated carbocycles. The highest BCUT2D eigenvalue weighted by atomic mass is 16.5. The summed E-state index contributed by atoms with van der Waals surface area (Å²) in [5.74, 6) is 4.78. The van der Waals surface area contributed by atoms with E-state index in [-0.39, 0.29) is 18.5 Å². The second-order valence-corrected chi connectivity index (χ2v) is 3.07. The van der Waals surface area contributed by atoms with E-state index in [1.807, 2.05) is 0 Å². The first-order valence-electron chi connectivity index (χ1n) is 4.21. The molecule has 6 heteroatoms. The Labute approximate surface area is 76.4 Å². The topological polar surface area (TPSA) is 96.6 Å². The number of hydrogen-bond donors (Lipinski definition) is 4. The van der Waals surface area contributed by atoms with E-state index in [2.05, 4.69) is 10.7 Å². The van der Waals surface area contributed by atoms with Crippen LogP contribution in [-0.4, -0.2) is 42.9 Å². The summed E-state index contributed by atoms with van der Waals surface area (Å²) in [6, 6.07) is -0.107. The number of nitrogens with one attached hydrogen (secondary N) is 2. The number of ether oxygens (including phenoxy) is 1. The average Bonchev–Trinajstić information content (AvgIpc) is 2.04. The third kappa shape index (κ3) is 3.69. The van der Waals surface area contributed by atoms with Gasteiger partial charge < -0.3 is 15.2 Å². The van der Waals surface area contributed by atoms with E-state index in [0.717, 1.165) is 0 Å². The van der Waals surface area contributed by atoms with E-state index in [0.29, 0.717) is 19.6 Å². The van der Waals surface area contributed by atoms with Crippen molar-refractivity contribution in [1.82, 2.24) is 10.7 Å². The van der Waals surface area contributed by atoms with Crippen molar-refractivity contribution >= 4 is 5.91 Å². The van der Waals surface area contributed by atoms with E-state index in [1.54, 1.807) is 0 Å². The molecule has 5 N–H and O–H groups in total. The van der Waals surface area contributed by atoms with Gasteiger partial charge in [-0.05, 0) is 6.42 Å². The lowest BCUT2D eigenvalue weighted by Crippen LogP contribution is -2.48. The van der Waals surface area contributed by atoms with Crippen molar-refractivity contribution < 1.29 is 14.6 Å². The molecule has 2 atom stereocenters. The molecule has 0 aliphatic carbocycles. The Kier molecular flexibility index (Phi) is 4.10. The van der Waals surface area contributed by atoms with Gasteiger partial charge in [-0.25, -0.2) is 0 Å². The van der Waals surface area contributed by atoms with Gasteiger partial charge >= 0.3 is 0 Å². The standard InChI is InChI=1S/C7H15N3O3/c8-9-2-7(12)10-5-1-6(11)4-13-3-5/h5-6,9,11H,1-4,8H2,(H,10,12). The van der Waals surface area contributed by atoms with Gasteiger partial charge in [0, 0.05) is 0 Å². The molecule has 0 radical (unpaired) electrons. The number of amides is 1. The fourth-order valence-corrected chi connectivity index (χ4v) is 1.28. The first-order valence-corrected chi connectivity index (χ1v) is 4.21. The van der Waals surface area contributed by atoms with E-state index < -0.39 is 6.10 Å². The van der Waals surface area contributed by atoms with Crippen LogP contribution in [0.15, 0.2) is 0 Å². The lowest BCUT2D eigenvalue weighted by atomic mass is 10.1. The Morgan fingerprint density at radius 3 is 3.00 bits per heavy atom. The summed E-state index contributed by atoms with van der Waals surface area (Å²) >= 11 is 0. The molecule has 1 fully saturated rings. The summed E-state index contributed by atoms with van der Waals surface area (Å²) < 4.78 is 5.06. The Hall–Kier alpha value is -0.690. The van der Waals surface area contributed by atoms with Crippen molar-refractivity contribution in [3.63, 3.8) is 0 Å². The zero-order valence-corrected chi connectivity index (χ0v) is 7.32. The molecule has 2 unspecified atom stereocenters. The quantitative estimate of drug-likeness (QED) is 0.296. The zero-order chi connectivity index (χ0) is 9.68. The van der Waals surface area contributed by atoms with Gasteiger partial charge in [-0.15, -0.1) is 0 Å². The number of hydrogen-bond acceptors (Lipinski definition) is 5. The molecule has 1 saturated heterocycles. The molecule has 0 aromatic carbocycles. The number of nitrogens with two attached hydrogens (primary N) is 1. The van der Waals surface area contributed by atoms with Gasteiger partial charge in [-0.3, -0.25) is 16.1 Å². The van der Waals surface area contributed by atoms with Crippen molar-refractivity contribution in [3.8, 4) is 0 Å². The fraction of sp³-hybridized carbons (Fsp3) is 0.857. The summed E-state index contributed by atoms with van der Waals surface area (Å²) in [7, 11) is 0. The first kappa shape index (κ1) is 10.4. The highest BCUT2D eigenvalue weighted by Crippen LogP contribution is 2.06. The number of carbonyl (C=O) groups excluding carboxylic acids is 1. The van der Waals surface area contributed by atoms with Crippen LogP contribution in [0.5, 0.6) is 0 Å². The minimum Gasteiger partial charge on any atom is -0.391 e. The number of aliphatic hydroxyl groups is 1. The van der Waals surface area contributed by atoms with Gasteiger partial charge in [0.2, 0.25) is 5.91 Å². The summed E-state index contributed by atoms with van der Waals surface area (Å²) in [5, 5.41) is 11.9. The molecule has 1 heterocycles. The van der Waals surface area contributed by atoms with Crippen molar-refractivity contribution in [1.29, 1.82) is 0 Å². The Morgan fingerprint density at radius 2 is 2.38 bits per heavy atom. The molecule has 76 valence electrons. The SMILES string of the molecule is NNCC(=O)NC1COCC(O)C1. The highest BCUT2D eigenvalue weighted by molar-refractivity contribution is 5.78. The molecule has 0 bridgehead atoms. The van der Waals surface area contributed by atoms with Crippen molar-refractivity contribution in [2.24, 2.45) is 5.84 Å². The van der Waals surface area contributed by atoms with Crippen LogP contribution in [0.3, 0.4) is 0 Å². The Bertz CT molecular complexity index is 176. The Morgan fingerprint density at radius 1 is 1.62 bits per heavy atom. The van der Waals surface area contributed by atoms with Crippen LogP contribution >= 0.6 is 0 Å². The number of hydrazine groups is 1. The molecule has 1 aliphatic heterocycles. The molecule has 0 aromatic heterocycles. The molecule has 0 spiro atoms. The second-order valence-electron chi connectivity index (χ2n) is 3.07. The van der Waals surface area contributed by atoms with E-state index in [4.69, 9.17) is 10.6 Å². The first-order chi connectivity index (χ1) is 6.22. The molecule has 13 heavy (non-hydrogen) atoms. The average molecular weight is 189 g/mol. The third-order valence-electron chi connectivity index (χ3n) is 1.81. The van der Waals surface area contributed by atoms with Crippen molar-refractivity contribution in [3.05, 3.63) is 0 Å². The lowest BCUT2D eigenvalue weighted by molar-refractivity contribution is -0.122. The molecular weight excluding hydrogens is 174 g/mol. The molecule has 1 rings (SSSR count). The number of aliphatic hydroxyl groups excluding tert-OH is 1. The van der Waals surface area contributed by atoms with Crippen LogP contribution in [0.1, 0.15) is 6.42 Å². The maximum Gasteiger partial charge on any atom is 0.235 e. The van der Waals surface area contributed by atoms with Crippen LogP contribution in [0.25, 0.3) is 0 Å². The van der Waals surface area contributed by atoms with E-state index >= 15 is 0 Å². The minimum atomic E-state index is -0.482. The van der Waals surface area contributed by atoms with Crippen molar-refractivity contribution in [2.45, 2.75) is 18.6 Å². The van der Waals surface area contributed by atoms with Gasteiger partial charge in [0.25, 0.3) is 0 Å². The maximum atomic E-state index is 11.0. The van der Waals surface area contributed by atoms with Crippen molar-refractivity contribution in [2.75, 3.05) is 19.8 Å². The van der Waals surface area contributed by atoms with Gasteiger partial charge in [0.1, 0.15) is 0 Å². The minimum absolute atomic E-state index is 0.0760. The predicted molar refractivity (Wildman–Crippen MR) is 45.6 cm³/mol. The monoisotopic (exact) mass is 189 g/mol. The largest absolute Gasteiger partial charge is 0.391 e. The zero-order valence-electron chi connectivity index (χ0n) is 7.32. The number of rotatable bonds is 3. The predicted octanol–water partition coefficient (Wildman–Crippen LogP) is -2.28. The smallest absolute Gasteiger partial charge is 0.235 e. The molecule has 0 aromatic rings. The summed E-state index contributed by atoms with van der Waals surface area (Å²) in [5.41, 5.74) is 2.25. The number of carbonyl (C=O) groups is 1. The lowest BCUT2D eigenvalue weighted by Gasteiger charge is -2.26. The van der Waals surface area contributed by atoms with Crippen LogP contribution in [0.4, 0.5) is 0 Å². The molecule has 1 amide bonds. The van der Waals surface area contributed by atoms with Gasteiger partial charge in [-0.2, -0.15) is 0 Å². The Balaban J connectivity index is 2.23. The fourth-order valence-electron chi connectivity index (χ4n) is 1.28. The molecular formula is C7H15N3O3. The van der Waals surface area contributed by atoms with Crippen LogP contribution < -0.4 is 16.6 Å². The van der Waals surface area contributed by atoms with Crippen LogP contribution in [0.2, 0.25) is 0 Å². The maximum absolute atomic E-state index is 11.0. The summed E-state index contributed by atoms with van der Waals surface area (Å²) in [6.45, 7) is 0.876. The normalized spacial score (nSPS) is 28.5. The highest BCUT2D eigenvalue weighted by Gasteiger charge is 2.21. The van der Waals surface area contributed by atoms with Crippen LogP contribution in [0, 0.1) is 0 Å². The van der Waals surface area contributed by atoms with Gasteiger partial charge in [0.05, 0.1) is 31.9 Å². The molecule has 6 nitrogen and oxygen atoms in total. The van der Waals surface area contributed by atoms with Gasteiger partial charge in [-0.1, -0.05) is 0 Å². The van der Waals surface area contributed by atoms with Gasteiger partial charge in [0.15, 0.2) is 0 Å². The summed E-state index contributed by atoms with van der Waals surface area (Å²) in [4.78, 5) is 11.0. The third-order valence-corrected chi connectivity index (χ3v) is 1.81. The molecule has 1 aliphatic rings. The summed E-state index contributed by atoms with van der Waals surface area (Å²) in [6.07, 6.45) is 0.0564. The second kappa shape index (κ2) is 5.13. The van der Waals surface area contributed by atoms with E-state index in [1.165, 1.54) is 0 Å².